The van der Waals surface area contributed by atoms with Crippen LogP contribution in [0.15, 0.2) is 24.3 Å². The zero-order chi connectivity index (χ0) is 15.5. The van der Waals surface area contributed by atoms with Crippen LogP contribution in [-0.4, -0.2) is 28.4 Å². The van der Waals surface area contributed by atoms with Crippen molar-refractivity contribution in [3.05, 3.63) is 35.4 Å². The molecule has 1 aliphatic heterocycles. The first-order chi connectivity index (χ1) is 10.6. The number of carbonyl (C=O) groups is 2. The minimum Gasteiger partial charge on any atom is -0.481 e. The molecule has 1 heterocycles. The highest BCUT2D eigenvalue weighted by molar-refractivity contribution is 5.79. The highest BCUT2D eigenvalue weighted by Gasteiger charge is 2.31. The number of carboxylic acids is 1. The summed E-state index contributed by atoms with van der Waals surface area (Å²) >= 11 is 0. The van der Waals surface area contributed by atoms with Crippen molar-refractivity contribution >= 4 is 11.9 Å². The number of hydrogen-bond acceptors (Lipinski definition) is 2. The highest BCUT2D eigenvalue weighted by atomic mass is 16.4. The van der Waals surface area contributed by atoms with Gasteiger partial charge in [-0.05, 0) is 43.2 Å². The Bertz CT molecular complexity index is 569. The predicted octanol–water partition coefficient (Wildman–Crippen LogP) is 2.85. The van der Waals surface area contributed by atoms with Gasteiger partial charge in [-0.3, -0.25) is 9.59 Å². The van der Waals surface area contributed by atoms with Crippen LogP contribution in [0.2, 0.25) is 0 Å². The molecule has 0 bridgehead atoms. The molecule has 118 valence electrons. The number of aliphatic carboxylic acids is 1. The van der Waals surface area contributed by atoms with Crippen molar-refractivity contribution in [2.24, 2.45) is 11.8 Å². The lowest BCUT2D eigenvalue weighted by molar-refractivity contribution is -0.142. The van der Waals surface area contributed by atoms with Crippen molar-refractivity contribution < 1.29 is 14.7 Å². The summed E-state index contributed by atoms with van der Waals surface area (Å²) in [6.07, 6.45) is 4.66. The lowest BCUT2D eigenvalue weighted by Crippen LogP contribution is -2.39. The number of hydrogen-bond donors (Lipinski definition) is 1. The normalized spacial score (nSPS) is 25.2. The Kier molecular flexibility index (Phi) is 4.46. The molecule has 1 amide bonds. The Morgan fingerprint density at radius 2 is 1.68 bits per heavy atom. The number of amides is 1. The van der Waals surface area contributed by atoms with E-state index in [1.165, 1.54) is 11.1 Å². The maximum Gasteiger partial charge on any atom is 0.306 e. The topological polar surface area (TPSA) is 57.6 Å². The third kappa shape index (κ3) is 3.16. The largest absolute Gasteiger partial charge is 0.481 e. The van der Waals surface area contributed by atoms with E-state index >= 15 is 0 Å². The first-order valence-corrected chi connectivity index (χ1v) is 8.23. The molecule has 1 fully saturated rings. The molecule has 1 saturated carbocycles. The van der Waals surface area contributed by atoms with Crippen LogP contribution >= 0.6 is 0 Å². The summed E-state index contributed by atoms with van der Waals surface area (Å²) in [6.45, 7) is 1.49. The second kappa shape index (κ2) is 6.51. The number of fused-ring (bicyclic) bond motifs is 1. The quantitative estimate of drug-likeness (QED) is 0.855. The maximum atomic E-state index is 12.8. The standard InChI is InChI=1S/C18H23NO3/c20-17(14-6-3-7-15(9-8-14)18(21)22)19-11-10-13-4-1-2-5-16(13)12-19/h1-2,4-5,14-15H,3,6-12H2,(H,21,22). The molecule has 2 atom stereocenters. The molecule has 1 N–H and O–H groups in total. The summed E-state index contributed by atoms with van der Waals surface area (Å²) in [5, 5.41) is 9.15. The second-order valence-electron chi connectivity index (χ2n) is 6.52. The van der Waals surface area contributed by atoms with E-state index in [2.05, 4.69) is 12.1 Å². The molecule has 22 heavy (non-hydrogen) atoms. The van der Waals surface area contributed by atoms with Crippen LogP contribution in [0, 0.1) is 11.8 Å². The molecular formula is C18H23NO3. The first-order valence-electron chi connectivity index (χ1n) is 8.23. The third-order valence-electron chi connectivity index (χ3n) is 5.11. The lowest BCUT2D eigenvalue weighted by atomic mass is 9.94. The second-order valence-corrected chi connectivity index (χ2v) is 6.52. The smallest absolute Gasteiger partial charge is 0.306 e. The number of rotatable bonds is 2. The molecule has 1 aromatic carbocycles. The Morgan fingerprint density at radius 1 is 1.00 bits per heavy atom. The van der Waals surface area contributed by atoms with Crippen LogP contribution in [0.3, 0.4) is 0 Å². The van der Waals surface area contributed by atoms with Gasteiger partial charge in [0.05, 0.1) is 5.92 Å². The molecule has 2 aliphatic rings. The molecule has 1 aliphatic carbocycles. The minimum absolute atomic E-state index is 0.00890. The molecule has 0 spiro atoms. The summed E-state index contributed by atoms with van der Waals surface area (Å²) < 4.78 is 0. The lowest BCUT2D eigenvalue weighted by Gasteiger charge is -2.31. The van der Waals surface area contributed by atoms with Crippen LogP contribution in [0.4, 0.5) is 0 Å². The number of nitrogens with zero attached hydrogens (tertiary/aromatic N) is 1. The molecule has 0 radical (unpaired) electrons. The van der Waals surface area contributed by atoms with E-state index in [1.54, 1.807) is 0 Å². The van der Waals surface area contributed by atoms with Crippen LogP contribution in [-0.2, 0) is 22.6 Å². The molecule has 1 aromatic rings. The summed E-state index contributed by atoms with van der Waals surface area (Å²) in [5.41, 5.74) is 2.59. The summed E-state index contributed by atoms with van der Waals surface area (Å²) in [4.78, 5) is 25.9. The van der Waals surface area contributed by atoms with E-state index in [0.717, 1.165) is 25.8 Å². The van der Waals surface area contributed by atoms with Gasteiger partial charge < -0.3 is 10.0 Å². The Hall–Kier alpha value is -1.84. The number of carbonyl (C=O) groups excluding carboxylic acids is 1. The highest BCUT2D eigenvalue weighted by Crippen LogP contribution is 2.30. The summed E-state index contributed by atoms with van der Waals surface area (Å²) in [6, 6.07) is 8.31. The zero-order valence-corrected chi connectivity index (χ0v) is 12.8. The fourth-order valence-electron chi connectivity index (χ4n) is 3.74. The van der Waals surface area contributed by atoms with Gasteiger partial charge in [0.1, 0.15) is 0 Å². The van der Waals surface area contributed by atoms with E-state index < -0.39 is 5.97 Å². The van der Waals surface area contributed by atoms with Gasteiger partial charge in [-0.1, -0.05) is 30.7 Å². The average Bonchev–Trinajstić information content (AvgIpc) is 2.80. The predicted molar refractivity (Wildman–Crippen MR) is 83.3 cm³/mol. The van der Waals surface area contributed by atoms with Crippen molar-refractivity contribution in [3.8, 4) is 0 Å². The number of benzene rings is 1. The SMILES string of the molecule is O=C(O)C1CCCC(C(=O)N2CCc3ccccc3C2)CC1. The average molecular weight is 301 g/mol. The van der Waals surface area contributed by atoms with Gasteiger partial charge in [0.15, 0.2) is 0 Å². The number of carboxylic acid groups (broad SMARTS) is 1. The van der Waals surface area contributed by atoms with Gasteiger partial charge in [-0.2, -0.15) is 0 Å². The van der Waals surface area contributed by atoms with Gasteiger partial charge in [0.2, 0.25) is 5.91 Å². The van der Waals surface area contributed by atoms with Gasteiger partial charge in [-0.15, -0.1) is 0 Å². The van der Waals surface area contributed by atoms with Gasteiger partial charge in [0, 0.05) is 19.0 Å². The summed E-state index contributed by atoms with van der Waals surface area (Å²) in [5.74, 6) is -0.741. The van der Waals surface area contributed by atoms with Gasteiger partial charge in [0.25, 0.3) is 0 Å². The van der Waals surface area contributed by atoms with Crippen LogP contribution in [0.25, 0.3) is 0 Å². The molecule has 4 heteroatoms. The van der Waals surface area contributed by atoms with Crippen LogP contribution in [0.5, 0.6) is 0 Å². The maximum absolute atomic E-state index is 12.8. The van der Waals surface area contributed by atoms with Gasteiger partial charge >= 0.3 is 5.97 Å². The zero-order valence-electron chi connectivity index (χ0n) is 12.8. The van der Waals surface area contributed by atoms with Crippen molar-refractivity contribution in [2.45, 2.75) is 45.1 Å². The molecular weight excluding hydrogens is 278 g/mol. The van der Waals surface area contributed by atoms with Crippen molar-refractivity contribution in [3.63, 3.8) is 0 Å². The monoisotopic (exact) mass is 301 g/mol. The van der Waals surface area contributed by atoms with E-state index in [-0.39, 0.29) is 17.7 Å². The Balaban J connectivity index is 1.64. The van der Waals surface area contributed by atoms with E-state index in [1.807, 2.05) is 17.0 Å². The summed E-state index contributed by atoms with van der Waals surface area (Å²) in [7, 11) is 0. The molecule has 0 saturated heterocycles. The molecule has 2 unspecified atom stereocenters. The van der Waals surface area contributed by atoms with E-state index in [9.17, 15) is 9.59 Å². The Morgan fingerprint density at radius 3 is 2.45 bits per heavy atom. The molecule has 4 nitrogen and oxygen atoms in total. The van der Waals surface area contributed by atoms with Crippen molar-refractivity contribution in [1.29, 1.82) is 0 Å². The van der Waals surface area contributed by atoms with E-state index in [4.69, 9.17) is 5.11 Å². The minimum atomic E-state index is -0.708. The van der Waals surface area contributed by atoms with Crippen LogP contribution in [0.1, 0.15) is 43.2 Å². The van der Waals surface area contributed by atoms with Crippen molar-refractivity contribution in [1.82, 2.24) is 4.90 Å². The fourth-order valence-corrected chi connectivity index (χ4v) is 3.74. The van der Waals surface area contributed by atoms with Crippen molar-refractivity contribution in [2.75, 3.05) is 6.54 Å². The third-order valence-corrected chi connectivity index (χ3v) is 5.11. The fraction of sp³-hybridized carbons (Fsp3) is 0.556. The molecule has 3 rings (SSSR count). The first kappa shape index (κ1) is 15.1. The van der Waals surface area contributed by atoms with E-state index in [0.29, 0.717) is 25.8 Å². The molecule has 0 aromatic heterocycles. The van der Waals surface area contributed by atoms with Crippen LogP contribution < -0.4 is 0 Å². The Labute approximate surface area is 131 Å². The van der Waals surface area contributed by atoms with Gasteiger partial charge in [-0.25, -0.2) is 0 Å².